The summed E-state index contributed by atoms with van der Waals surface area (Å²) in [5.41, 5.74) is 0. The van der Waals surface area contributed by atoms with E-state index in [1.807, 2.05) is 0 Å². The first-order chi connectivity index (χ1) is 8.78. The molecule has 0 bridgehead atoms. The molecule has 1 heterocycles. The number of rotatable bonds is 6. The Morgan fingerprint density at radius 3 is 2.56 bits per heavy atom. The average molecular weight is 259 g/mol. The van der Waals surface area contributed by atoms with E-state index in [0.29, 0.717) is 12.6 Å². The predicted molar refractivity (Wildman–Crippen MR) is 67.4 cm³/mol. The number of ether oxygens (including phenoxy) is 3. The van der Waals surface area contributed by atoms with Crippen molar-refractivity contribution in [1.29, 1.82) is 0 Å². The summed E-state index contributed by atoms with van der Waals surface area (Å²) in [5, 5.41) is 12.6. The lowest BCUT2D eigenvalue weighted by molar-refractivity contribution is -0.179. The molecule has 0 aromatic heterocycles. The van der Waals surface area contributed by atoms with E-state index >= 15 is 0 Å². The van der Waals surface area contributed by atoms with Gasteiger partial charge in [-0.15, -0.1) is 0 Å². The summed E-state index contributed by atoms with van der Waals surface area (Å²) in [6.07, 6.45) is 4.78. The summed E-state index contributed by atoms with van der Waals surface area (Å²) >= 11 is 0. The Balaban J connectivity index is 1.74. The van der Waals surface area contributed by atoms with Gasteiger partial charge in [0.15, 0.2) is 5.79 Å². The van der Waals surface area contributed by atoms with E-state index < -0.39 is 0 Å². The maximum Gasteiger partial charge on any atom is 0.168 e. The fraction of sp³-hybridized carbons (Fsp3) is 1.00. The van der Waals surface area contributed by atoms with E-state index in [9.17, 15) is 0 Å². The molecule has 2 rings (SSSR count). The van der Waals surface area contributed by atoms with Crippen LogP contribution in [0.1, 0.15) is 32.1 Å². The van der Waals surface area contributed by atoms with Gasteiger partial charge in [-0.05, 0) is 19.3 Å². The van der Waals surface area contributed by atoms with Crippen LogP contribution in [0.3, 0.4) is 0 Å². The fourth-order valence-electron chi connectivity index (χ4n) is 2.92. The Labute approximate surface area is 109 Å². The third kappa shape index (κ3) is 3.65. The number of aliphatic hydroxyl groups is 1. The molecule has 2 fully saturated rings. The third-order valence-corrected chi connectivity index (χ3v) is 3.88. The quantitative estimate of drug-likeness (QED) is 0.734. The minimum Gasteiger partial charge on any atom is -0.396 e. The molecule has 5 nitrogen and oxygen atoms in total. The van der Waals surface area contributed by atoms with Crippen molar-refractivity contribution in [1.82, 2.24) is 5.32 Å². The number of hydrogen-bond donors (Lipinski definition) is 2. The number of methoxy groups -OCH3 is 1. The number of aliphatic hydroxyl groups excluding tert-OH is 1. The van der Waals surface area contributed by atoms with Crippen LogP contribution >= 0.6 is 0 Å². The van der Waals surface area contributed by atoms with Crippen LogP contribution in [-0.2, 0) is 14.2 Å². The van der Waals surface area contributed by atoms with Crippen molar-refractivity contribution < 1.29 is 19.3 Å². The van der Waals surface area contributed by atoms with Crippen LogP contribution in [0.5, 0.6) is 0 Å². The Morgan fingerprint density at radius 1 is 1.33 bits per heavy atom. The Morgan fingerprint density at radius 2 is 2.00 bits per heavy atom. The van der Waals surface area contributed by atoms with Crippen LogP contribution in [0.4, 0.5) is 0 Å². The molecule has 1 saturated heterocycles. The van der Waals surface area contributed by atoms with Crippen molar-refractivity contribution in [3.63, 3.8) is 0 Å². The van der Waals surface area contributed by atoms with Gasteiger partial charge in [0.05, 0.1) is 19.8 Å². The highest BCUT2D eigenvalue weighted by atomic mass is 16.7. The first-order valence-corrected chi connectivity index (χ1v) is 6.92. The maximum atomic E-state index is 9.02. The van der Waals surface area contributed by atoms with E-state index in [1.165, 1.54) is 0 Å². The lowest BCUT2D eigenvalue weighted by Crippen LogP contribution is -2.47. The summed E-state index contributed by atoms with van der Waals surface area (Å²) in [4.78, 5) is 0. The van der Waals surface area contributed by atoms with Crippen molar-refractivity contribution in [2.75, 3.05) is 33.5 Å². The molecule has 0 amide bonds. The summed E-state index contributed by atoms with van der Waals surface area (Å²) < 4.78 is 16.6. The molecular weight excluding hydrogens is 234 g/mol. The molecule has 1 atom stereocenters. The topological polar surface area (TPSA) is 60.0 Å². The maximum absolute atomic E-state index is 9.02. The number of nitrogens with one attached hydrogen (secondary N) is 1. The van der Waals surface area contributed by atoms with Gasteiger partial charge in [-0.1, -0.05) is 0 Å². The van der Waals surface area contributed by atoms with Crippen molar-refractivity contribution in [2.45, 2.75) is 50.0 Å². The van der Waals surface area contributed by atoms with Crippen LogP contribution in [-0.4, -0.2) is 56.5 Å². The SMILES string of the molecule is COCC(CCO)NC1CCC2(CC1)OCCO2. The molecule has 1 spiro atoms. The van der Waals surface area contributed by atoms with Crippen LogP contribution in [0.25, 0.3) is 0 Å². The minimum atomic E-state index is -0.286. The number of hydrogen-bond acceptors (Lipinski definition) is 5. The van der Waals surface area contributed by atoms with Gasteiger partial charge < -0.3 is 24.6 Å². The van der Waals surface area contributed by atoms with Crippen LogP contribution in [0, 0.1) is 0 Å². The highest BCUT2D eigenvalue weighted by Crippen LogP contribution is 2.35. The third-order valence-electron chi connectivity index (χ3n) is 3.88. The molecule has 1 aliphatic carbocycles. The molecule has 0 aromatic carbocycles. The first-order valence-electron chi connectivity index (χ1n) is 6.92. The van der Waals surface area contributed by atoms with E-state index in [2.05, 4.69) is 5.32 Å². The first kappa shape index (κ1) is 14.2. The molecule has 2 N–H and O–H groups in total. The van der Waals surface area contributed by atoms with Crippen molar-refractivity contribution in [3.05, 3.63) is 0 Å². The standard InChI is InChI=1S/C13H25NO4/c1-16-10-12(4-7-15)14-11-2-5-13(6-3-11)17-8-9-18-13/h11-12,14-15H,2-10H2,1H3. The average Bonchev–Trinajstić information content (AvgIpc) is 2.82. The van der Waals surface area contributed by atoms with Gasteiger partial charge in [0.2, 0.25) is 0 Å². The van der Waals surface area contributed by atoms with Crippen molar-refractivity contribution >= 4 is 0 Å². The van der Waals surface area contributed by atoms with Gasteiger partial charge in [-0.3, -0.25) is 0 Å². The van der Waals surface area contributed by atoms with E-state index in [4.69, 9.17) is 19.3 Å². The minimum absolute atomic E-state index is 0.198. The molecule has 1 aliphatic heterocycles. The van der Waals surface area contributed by atoms with Gasteiger partial charge in [-0.2, -0.15) is 0 Å². The summed E-state index contributed by atoms with van der Waals surface area (Å²) in [7, 11) is 1.70. The Hall–Kier alpha value is -0.200. The molecule has 18 heavy (non-hydrogen) atoms. The molecule has 0 aromatic rings. The zero-order chi connectivity index (χ0) is 12.8. The molecule has 2 aliphatic rings. The molecular formula is C13H25NO4. The fourth-order valence-corrected chi connectivity index (χ4v) is 2.92. The van der Waals surface area contributed by atoms with Gasteiger partial charge in [-0.25, -0.2) is 0 Å². The molecule has 106 valence electrons. The predicted octanol–water partition coefficient (Wildman–Crippen LogP) is 0.659. The van der Waals surface area contributed by atoms with Gasteiger partial charge >= 0.3 is 0 Å². The molecule has 1 saturated carbocycles. The van der Waals surface area contributed by atoms with E-state index in [1.54, 1.807) is 7.11 Å². The van der Waals surface area contributed by atoms with Crippen LogP contribution in [0.15, 0.2) is 0 Å². The second-order valence-electron chi connectivity index (χ2n) is 5.21. The van der Waals surface area contributed by atoms with Gasteiger partial charge in [0.1, 0.15) is 0 Å². The summed E-state index contributed by atoms with van der Waals surface area (Å²) in [5.74, 6) is -0.286. The van der Waals surface area contributed by atoms with E-state index in [-0.39, 0.29) is 18.4 Å². The normalized spacial score (nSPS) is 25.7. The monoisotopic (exact) mass is 259 g/mol. The molecule has 1 unspecified atom stereocenters. The van der Waals surface area contributed by atoms with Crippen LogP contribution in [0.2, 0.25) is 0 Å². The smallest absolute Gasteiger partial charge is 0.168 e. The molecule has 5 heteroatoms. The largest absolute Gasteiger partial charge is 0.396 e. The second kappa shape index (κ2) is 6.82. The van der Waals surface area contributed by atoms with Crippen molar-refractivity contribution in [2.24, 2.45) is 0 Å². The summed E-state index contributed by atoms with van der Waals surface area (Å²) in [6.45, 7) is 2.31. The van der Waals surface area contributed by atoms with E-state index in [0.717, 1.165) is 45.3 Å². The lowest BCUT2D eigenvalue weighted by Gasteiger charge is -2.37. The zero-order valence-corrected chi connectivity index (χ0v) is 11.2. The highest BCUT2D eigenvalue weighted by molar-refractivity contribution is 4.87. The van der Waals surface area contributed by atoms with Gasteiger partial charge in [0, 0.05) is 38.6 Å². The second-order valence-corrected chi connectivity index (χ2v) is 5.21. The lowest BCUT2D eigenvalue weighted by atomic mass is 9.89. The van der Waals surface area contributed by atoms with Crippen LogP contribution < -0.4 is 5.32 Å². The molecule has 0 radical (unpaired) electrons. The Bertz CT molecular complexity index is 227. The zero-order valence-electron chi connectivity index (χ0n) is 11.2. The Kier molecular flexibility index (Phi) is 5.38. The van der Waals surface area contributed by atoms with Gasteiger partial charge in [0.25, 0.3) is 0 Å². The summed E-state index contributed by atoms with van der Waals surface area (Å²) in [6, 6.07) is 0.722. The van der Waals surface area contributed by atoms with Crippen molar-refractivity contribution in [3.8, 4) is 0 Å². The highest BCUT2D eigenvalue weighted by Gasteiger charge is 2.40.